The summed E-state index contributed by atoms with van der Waals surface area (Å²) in [7, 11) is 0. The molecule has 6 heteroatoms. The predicted molar refractivity (Wildman–Crippen MR) is 67.1 cm³/mol. The number of benzene rings is 1. The molecule has 1 heterocycles. The molecule has 1 aromatic rings. The lowest BCUT2D eigenvalue weighted by Crippen LogP contribution is -2.53. The molecule has 110 valence electrons. The minimum atomic E-state index is -4.42. The molecule has 1 N–H and O–H groups in total. The van der Waals surface area contributed by atoms with Gasteiger partial charge in [-0.1, -0.05) is 25.1 Å². The molecule has 2 rings (SSSR count). The third-order valence-electron chi connectivity index (χ3n) is 3.49. The number of likely N-dealkylation sites (tertiary alicyclic amines) is 1. The highest BCUT2D eigenvalue weighted by atomic mass is 19.4. The molecule has 0 aromatic heterocycles. The van der Waals surface area contributed by atoms with E-state index in [0.29, 0.717) is 0 Å². The van der Waals surface area contributed by atoms with Crippen LogP contribution in [-0.4, -0.2) is 35.1 Å². The fourth-order valence-electron chi connectivity index (χ4n) is 2.34. The largest absolute Gasteiger partial charge is 0.416 e. The van der Waals surface area contributed by atoms with Gasteiger partial charge in [0.1, 0.15) is 0 Å². The Labute approximate surface area is 115 Å². The van der Waals surface area contributed by atoms with Crippen molar-refractivity contribution in [3.63, 3.8) is 0 Å². The van der Waals surface area contributed by atoms with Crippen molar-refractivity contribution >= 4 is 5.91 Å². The summed E-state index contributed by atoms with van der Waals surface area (Å²) in [6.07, 6.45) is -4.91. The number of nitrogens with zero attached hydrogens (tertiary/aromatic N) is 1. The molecule has 0 aliphatic carbocycles. The summed E-state index contributed by atoms with van der Waals surface area (Å²) >= 11 is 0. The molecular formula is C14H16F3NO2. The third-order valence-corrected chi connectivity index (χ3v) is 3.49. The summed E-state index contributed by atoms with van der Waals surface area (Å²) in [5, 5.41) is 9.13. The molecule has 1 aromatic carbocycles. The van der Waals surface area contributed by atoms with Gasteiger partial charge in [0.05, 0.1) is 11.7 Å². The molecule has 1 saturated heterocycles. The molecule has 0 spiro atoms. The van der Waals surface area contributed by atoms with E-state index in [4.69, 9.17) is 5.11 Å². The first kappa shape index (κ1) is 14.8. The van der Waals surface area contributed by atoms with Gasteiger partial charge in [-0.15, -0.1) is 0 Å². The summed E-state index contributed by atoms with van der Waals surface area (Å²) < 4.78 is 38.7. The van der Waals surface area contributed by atoms with Crippen molar-refractivity contribution in [2.45, 2.75) is 31.5 Å². The normalized spacial score (nSPS) is 17.8. The number of amides is 1. The van der Waals surface area contributed by atoms with Crippen LogP contribution in [0, 0.1) is 0 Å². The fraction of sp³-hybridized carbons (Fsp3) is 0.500. The Morgan fingerprint density at radius 1 is 1.40 bits per heavy atom. The summed E-state index contributed by atoms with van der Waals surface area (Å²) in [4.78, 5) is 13.3. The van der Waals surface area contributed by atoms with Crippen LogP contribution in [0.3, 0.4) is 0 Å². The highest BCUT2D eigenvalue weighted by Crippen LogP contribution is 2.36. The molecular weight excluding hydrogens is 271 g/mol. The van der Waals surface area contributed by atoms with Gasteiger partial charge in [0.15, 0.2) is 0 Å². The topological polar surface area (TPSA) is 40.5 Å². The van der Waals surface area contributed by atoms with Crippen LogP contribution in [-0.2, 0) is 11.0 Å². The van der Waals surface area contributed by atoms with Crippen molar-refractivity contribution < 1.29 is 23.1 Å². The number of β-amino-alcohol motifs (C(OH)–C–C–N with tert-alkyl or cyclic N) is 1. The van der Waals surface area contributed by atoms with Gasteiger partial charge < -0.3 is 10.0 Å². The maximum Gasteiger partial charge on any atom is 0.416 e. The Morgan fingerprint density at radius 3 is 2.55 bits per heavy atom. The van der Waals surface area contributed by atoms with Gasteiger partial charge in [-0.05, 0) is 17.5 Å². The molecule has 1 amide bonds. The Hall–Kier alpha value is -1.56. The summed E-state index contributed by atoms with van der Waals surface area (Å²) in [6, 6.07) is 5.32. The second-order valence-electron chi connectivity index (χ2n) is 5.14. The Morgan fingerprint density at radius 2 is 2.00 bits per heavy atom. The summed E-state index contributed by atoms with van der Waals surface area (Å²) in [6.45, 7) is 2.15. The van der Waals surface area contributed by atoms with Gasteiger partial charge in [0.25, 0.3) is 0 Å². The maximum absolute atomic E-state index is 12.9. The minimum absolute atomic E-state index is 0.0137. The smallest absolute Gasteiger partial charge is 0.389 e. The molecule has 0 saturated carbocycles. The van der Waals surface area contributed by atoms with Gasteiger partial charge in [0, 0.05) is 19.5 Å². The molecule has 0 bridgehead atoms. The Kier molecular flexibility index (Phi) is 4.04. The SMILES string of the molecule is CC(CC(=O)N1CC(O)C1)c1ccccc1C(F)(F)F. The number of hydrogen-bond acceptors (Lipinski definition) is 2. The lowest BCUT2D eigenvalue weighted by Gasteiger charge is -2.36. The standard InChI is InChI=1S/C14H16F3NO2/c1-9(6-13(20)18-7-10(19)8-18)11-4-2-3-5-12(11)14(15,16)17/h2-5,9-10,19H,6-8H2,1H3. The van der Waals surface area contributed by atoms with Gasteiger partial charge >= 0.3 is 6.18 Å². The summed E-state index contributed by atoms with van der Waals surface area (Å²) in [5.74, 6) is -0.738. The Bertz CT molecular complexity index is 495. The van der Waals surface area contributed by atoms with Crippen LogP contribution in [0.5, 0.6) is 0 Å². The monoisotopic (exact) mass is 287 g/mol. The molecule has 0 radical (unpaired) electrons. The van der Waals surface area contributed by atoms with E-state index in [1.165, 1.54) is 17.0 Å². The number of halogens is 3. The highest BCUT2D eigenvalue weighted by molar-refractivity contribution is 5.78. The highest BCUT2D eigenvalue weighted by Gasteiger charge is 2.35. The number of alkyl halides is 3. The van der Waals surface area contributed by atoms with Crippen LogP contribution in [0.15, 0.2) is 24.3 Å². The van der Waals surface area contributed by atoms with E-state index in [2.05, 4.69) is 0 Å². The minimum Gasteiger partial charge on any atom is -0.389 e. The third kappa shape index (κ3) is 3.12. The van der Waals surface area contributed by atoms with Gasteiger partial charge in [-0.3, -0.25) is 4.79 Å². The number of carbonyl (C=O) groups is 1. The number of aliphatic hydroxyl groups excluding tert-OH is 1. The fourth-order valence-corrected chi connectivity index (χ4v) is 2.34. The lowest BCUT2D eigenvalue weighted by molar-refractivity contribution is -0.142. The average molecular weight is 287 g/mol. The average Bonchev–Trinajstić information content (AvgIpc) is 2.33. The van der Waals surface area contributed by atoms with Crippen LogP contribution in [0.2, 0.25) is 0 Å². The van der Waals surface area contributed by atoms with E-state index >= 15 is 0 Å². The van der Waals surface area contributed by atoms with Crippen molar-refractivity contribution in [2.75, 3.05) is 13.1 Å². The second kappa shape index (κ2) is 5.44. The van der Waals surface area contributed by atoms with Gasteiger partial charge in [0.2, 0.25) is 5.91 Å². The molecule has 1 aliphatic rings. The van der Waals surface area contributed by atoms with Crippen molar-refractivity contribution in [3.05, 3.63) is 35.4 Å². The molecule has 1 aliphatic heterocycles. The maximum atomic E-state index is 12.9. The quantitative estimate of drug-likeness (QED) is 0.927. The van der Waals surface area contributed by atoms with E-state index in [1.807, 2.05) is 0 Å². The van der Waals surface area contributed by atoms with Crippen molar-refractivity contribution in [2.24, 2.45) is 0 Å². The second-order valence-corrected chi connectivity index (χ2v) is 5.14. The van der Waals surface area contributed by atoms with Crippen LogP contribution in [0.1, 0.15) is 30.4 Å². The molecule has 1 unspecified atom stereocenters. The van der Waals surface area contributed by atoms with E-state index in [9.17, 15) is 18.0 Å². The van der Waals surface area contributed by atoms with Crippen LogP contribution >= 0.6 is 0 Å². The number of rotatable bonds is 3. The van der Waals surface area contributed by atoms with E-state index in [0.717, 1.165) is 6.07 Å². The van der Waals surface area contributed by atoms with Crippen LogP contribution < -0.4 is 0 Å². The van der Waals surface area contributed by atoms with E-state index < -0.39 is 23.8 Å². The number of aliphatic hydroxyl groups is 1. The van der Waals surface area contributed by atoms with Gasteiger partial charge in [-0.25, -0.2) is 0 Å². The van der Waals surface area contributed by atoms with E-state index in [1.54, 1.807) is 13.0 Å². The lowest BCUT2D eigenvalue weighted by atomic mass is 9.92. The van der Waals surface area contributed by atoms with Crippen LogP contribution in [0.25, 0.3) is 0 Å². The zero-order valence-corrected chi connectivity index (χ0v) is 11.0. The first-order chi connectivity index (χ1) is 9.29. The molecule has 3 nitrogen and oxygen atoms in total. The zero-order valence-electron chi connectivity index (χ0n) is 11.0. The molecule has 1 atom stereocenters. The summed E-state index contributed by atoms with van der Waals surface area (Å²) in [5.41, 5.74) is -0.557. The number of carbonyl (C=O) groups excluding carboxylic acids is 1. The molecule has 20 heavy (non-hydrogen) atoms. The van der Waals surface area contributed by atoms with Crippen molar-refractivity contribution in [1.82, 2.24) is 4.90 Å². The van der Waals surface area contributed by atoms with Crippen molar-refractivity contribution in [1.29, 1.82) is 0 Å². The Balaban J connectivity index is 2.09. The van der Waals surface area contributed by atoms with Crippen LogP contribution in [0.4, 0.5) is 13.2 Å². The molecule has 1 fully saturated rings. The first-order valence-electron chi connectivity index (χ1n) is 6.41. The van der Waals surface area contributed by atoms with Gasteiger partial charge in [-0.2, -0.15) is 13.2 Å². The van der Waals surface area contributed by atoms with E-state index in [-0.39, 0.29) is 31.0 Å². The zero-order chi connectivity index (χ0) is 14.9. The first-order valence-corrected chi connectivity index (χ1v) is 6.41. The number of hydrogen-bond donors (Lipinski definition) is 1. The van der Waals surface area contributed by atoms with Crippen molar-refractivity contribution in [3.8, 4) is 0 Å². The predicted octanol–water partition coefficient (Wildman–Crippen LogP) is 2.40.